The zero-order valence-electron chi connectivity index (χ0n) is 15.4. The molecule has 2 atom stereocenters. The topological polar surface area (TPSA) is 73.8 Å². The Kier molecular flexibility index (Phi) is 10.8. The van der Waals surface area contributed by atoms with Gasteiger partial charge in [-0.25, -0.2) is 0 Å². The maximum atomic E-state index is 12.2. The molecule has 26 heavy (non-hydrogen) atoms. The van der Waals surface area contributed by atoms with Gasteiger partial charge in [0.15, 0.2) is 5.96 Å². The third-order valence-electron chi connectivity index (χ3n) is 4.07. The second-order valence-corrected chi connectivity index (χ2v) is 7.77. The van der Waals surface area contributed by atoms with E-state index in [1.165, 1.54) is 0 Å². The quantitative estimate of drug-likeness (QED) is 0.346. The second kappa shape index (κ2) is 12.3. The molecule has 0 saturated carbocycles. The third kappa shape index (κ3) is 8.03. The van der Waals surface area contributed by atoms with Crippen LogP contribution in [0.25, 0.3) is 0 Å². The number of aliphatic imine (C=N–C) groups is 1. The van der Waals surface area contributed by atoms with Crippen LogP contribution in [-0.4, -0.2) is 59.5 Å². The molecule has 8 heteroatoms. The fourth-order valence-corrected chi connectivity index (χ4v) is 3.74. The molecule has 1 fully saturated rings. The van der Waals surface area contributed by atoms with Gasteiger partial charge in [0.25, 0.3) is 0 Å². The minimum Gasteiger partial charge on any atom is -0.357 e. The molecular weight excluding hydrogens is 463 g/mol. The van der Waals surface area contributed by atoms with Gasteiger partial charge in [-0.2, -0.15) is 0 Å². The number of hydrogen-bond acceptors (Lipinski definition) is 3. The van der Waals surface area contributed by atoms with Crippen molar-refractivity contribution in [1.29, 1.82) is 0 Å². The number of halogens is 1. The van der Waals surface area contributed by atoms with Crippen molar-refractivity contribution in [2.45, 2.75) is 31.6 Å². The molecule has 1 saturated heterocycles. The summed E-state index contributed by atoms with van der Waals surface area (Å²) in [5.41, 5.74) is 1.09. The first kappa shape index (κ1) is 22.9. The fourth-order valence-electron chi connectivity index (χ4n) is 2.73. The van der Waals surface area contributed by atoms with Gasteiger partial charge < -0.3 is 15.5 Å². The van der Waals surface area contributed by atoms with Crippen molar-refractivity contribution in [3.63, 3.8) is 0 Å². The van der Waals surface area contributed by atoms with Crippen molar-refractivity contribution in [3.8, 4) is 0 Å². The number of carbonyl (C=O) groups is 1. The smallest absolute Gasteiger partial charge is 0.222 e. The Balaban J connectivity index is 0.00000338. The van der Waals surface area contributed by atoms with Crippen molar-refractivity contribution >= 4 is 46.6 Å². The number of carbonyl (C=O) groups excluding carboxylic acids is 1. The highest BCUT2D eigenvalue weighted by molar-refractivity contribution is 14.0. The van der Waals surface area contributed by atoms with E-state index >= 15 is 0 Å². The van der Waals surface area contributed by atoms with E-state index in [0.717, 1.165) is 24.5 Å². The van der Waals surface area contributed by atoms with Crippen LogP contribution >= 0.6 is 24.0 Å². The molecule has 1 aromatic rings. The van der Waals surface area contributed by atoms with Gasteiger partial charge in [-0.3, -0.25) is 14.0 Å². The standard InChI is InChI=1S/C18H28N4O2S.HI/c1-3-19-18(21-16-9-10-17(23)22(2)13-16)20-11-12-25(24)14-15-7-5-4-6-8-15;/h4-8,16H,3,9-14H2,1-2H3,(H2,19,20,21);1H. The number of benzene rings is 1. The molecule has 0 bridgehead atoms. The number of guanidine groups is 1. The average Bonchev–Trinajstić information content (AvgIpc) is 2.59. The zero-order valence-corrected chi connectivity index (χ0v) is 18.6. The monoisotopic (exact) mass is 492 g/mol. The highest BCUT2D eigenvalue weighted by atomic mass is 127. The first-order valence-corrected chi connectivity index (χ1v) is 10.2. The van der Waals surface area contributed by atoms with Crippen LogP contribution in [-0.2, 0) is 21.3 Å². The van der Waals surface area contributed by atoms with Crippen LogP contribution in [0.1, 0.15) is 25.3 Å². The summed E-state index contributed by atoms with van der Waals surface area (Å²) in [5.74, 6) is 2.02. The van der Waals surface area contributed by atoms with E-state index in [1.54, 1.807) is 4.90 Å². The first-order chi connectivity index (χ1) is 12.1. The lowest BCUT2D eigenvalue weighted by molar-refractivity contribution is -0.132. The lowest BCUT2D eigenvalue weighted by Gasteiger charge is -2.31. The van der Waals surface area contributed by atoms with Crippen molar-refractivity contribution in [3.05, 3.63) is 35.9 Å². The average molecular weight is 492 g/mol. The molecular formula is C18H29IN4O2S. The maximum Gasteiger partial charge on any atom is 0.222 e. The Morgan fingerprint density at radius 3 is 2.73 bits per heavy atom. The van der Waals surface area contributed by atoms with Crippen molar-refractivity contribution < 1.29 is 9.00 Å². The van der Waals surface area contributed by atoms with Crippen LogP contribution in [0.15, 0.2) is 35.3 Å². The molecule has 2 rings (SSSR count). The van der Waals surface area contributed by atoms with Crippen LogP contribution in [0, 0.1) is 0 Å². The van der Waals surface area contributed by atoms with Crippen LogP contribution in [0.5, 0.6) is 0 Å². The van der Waals surface area contributed by atoms with E-state index in [2.05, 4.69) is 15.6 Å². The summed E-state index contributed by atoms with van der Waals surface area (Å²) in [6.07, 6.45) is 1.38. The molecule has 0 aliphatic carbocycles. The Hall–Kier alpha value is -1.16. The summed E-state index contributed by atoms with van der Waals surface area (Å²) in [5, 5.41) is 6.59. The van der Waals surface area contributed by atoms with Gasteiger partial charge in [0, 0.05) is 54.9 Å². The molecule has 1 amide bonds. The highest BCUT2D eigenvalue weighted by Gasteiger charge is 2.23. The van der Waals surface area contributed by atoms with Gasteiger partial charge in [0.2, 0.25) is 5.91 Å². The molecule has 2 N–H and O–H groups in total. The summed E-state index contributed by atoms with van der Waals surface area (Å²) < 4.78 is 12.2. The van der Waals surface area contributed by atoms with E-state index in [1.807, 2.05) is 44.3 Å². The Morgan fingerprint density at radius 1 is 1.35 bits per heavy atom. The zero-order chi connectivity index (χ0) is 18.1. The van der Waals surface area contributed by atoms with Crippen LogP contribution in [0.4, 0.5) is 0 Å². The van der Waals surface area contributed by atoms with E-state index in [4.69, 9.17) is 0 Å². The number of amides is 1. The number of nitrogens with one attached hydrogen (secondary N) is 2. The lowest BCUT2D eigenvalue weighted by atomic mass is 10.1. The fraction of sp³-hybridized carbons (Fsp3) is 0.556. The molecule has 0 radical (unpaired) electrons. The predicted molar refractivity (Wildman–Crippen MR) is 118 cm³/mol. The van der Waals surface area contributed by atoms with Gasteiger partial charge in [-0.05, 0) is 18.9 Å². The Labute approximate surface area is 175 Å². The van der Waals surface area contributed by atoms with Crippen molar-refractivity contribution in [2.24, 2.45) is 4.99 Å². The number of nitrogens with zero attached hydrogens (tertiary/aromatic N) is 2. The third-order valence-corrected chi connectivity index (χ3v) is 5.36. The SMILES string of the molecule is CCNC(=NCCS(=O)Cc1ccccc1)NC1CCC(=O)N(C)C1.I. The van der Waals surface area contributed by atoms with Crippen LogP contribution in [0.2, 0.25) is 0 Å². The predicted octanol–water partition coefficient (Wildman–Crippen LogP) is 1.73. The maximum absolute atomic E-state index is 12.2. The molecule has 0 spiro atoms. The number of piperidine rings is 1. The molecule has 1 aliphatic heterocycles. The van der Waals surface area contributed by atoms with Gasteiger partial charge in [0.05, 0.1) is 6.54 Å². The Morgan fingerprint density at radius 2 is 2.08 bits per heavy atom. The van der Waals surface area contributed by atoms with Crippen molar-refractivity contribution in [1.82, 2.24) is 15.5 Å². The molecule has 1 aromatic carbocycles. The number of hydrogen-bond donors (Lipinski definition) is 2. The molecule has 2 unspecified atom stereocenters. The minimum atomic E-state index is -0.924. The normalized spacial score (nSPS) is 18.8. The van der Waals surface area contributed by atoms with Gasteiger partial charge in [0.1, 0.15) is 0 Å². The highest BCUT2D eigenvalue weighted by Crippen LogP contribution is 2.09. The van der Waals surface area contributed by atoms with Crippen LogP contribution in [0.3, 0.4) is 0 Å². The molecule has 0 aromatic heterocycles. The molecule has 146 valence electrons. The summed E-state index contributed by atoms with van der Waals surface area (Å²) in [4.78, 5) is 17.8. The first-order valence-electron chi connectivity index (χ1n) is 8.76. The second-order valence-electron chi connectivity index (χ2n) is 6.19. The Bertz CT molecular complexity index is 612. The van der Waals surface area contributed by atoms with E-state index in [9.17, 15) is 9.00 Å². The number of likely N-dealkylation sites (N-methyl/N-ethyl adjacent to an activating group) is 1. The van der Waals surface area contributed by atoms with E-state index in [0.29, 0.717) is 31.0 Å². The van der Waals surface area contributed by atoms with Crippen LogP contribution < -0.4 is 10.6 Å². The molecule has 6 nitrogen and oxygen atoms in total. The minimum absolute atomic E-state index is 0. The van der Waals surface area contributed by atoms with Crippen molar-refractivity contribution in [2.75, 3.05) is 32.4 Å². The van der Waals surface area contributed by atoms with Gasteiger partial charge in [-0.15, -0.1) is 24.0 Å². The summed E-state index contributed by atoms with van der Waals surface area (Å²) in [6, 6.07) is 10.1. The van der Waals surface area contributed by atoms with E-state index in [-0.39, 0.29) is 35.9 Å². The molecule has 1 aliphatic rings. The van der Waals surface area contributed by atoms with E-state index < -0.39 is 10.8 Å². The summed E-state index contributed by atoms with van der Waals surface area (Å²) >= 11 is 0. The molecule has 1 heterocycles. The lowest BCUT2D eigenvalue weighted by Crippen LogP contribution is -2.51. The number of likely N-dealkylation sites (tertiary alicyclic amines) is 1. The summed E-state index contributed by atoms with van der Waals surface area (Å²) in [7, 11) is 0.902. The summed E-state index contributed by atoms with van der Waals surface area (Å²) in [6.45, 7) is 3.97. The number of rotatable bonds is 7. The van der Waals surface area contributed by atoms with Gasteiger partial charge in [-0.1, -0.05) is 30.3 Å². The van der Waals surface area contributed by atoms with Gasteiger partial charge >= 0.3 is 0 Å². The largest absolute Gasteiger partial charge is 0.357 e.